The summed E-state index contributed by atoms with van der Waals surface area (Å²) in [6, 6.07) is 13.3. The predicted molar refractivity (Wildman–Crippen MR) is 129 cm³/mol. The first-order valence-corrected chi connectivity index (χ1v) is 11.6. The Morgan fingerprint density at radius 3 is 2.44 bits per heavy atom. The Bertz CT molecular complexity index is 1000. The van der Waals surface area contributed by atoms with Gasteiger partial charge in [-0.1, -0.05) is 25.1 Å². The molecule has 34 heavy (non-hydrogen) atoms. The fraction of sp³-hybridized carbons (Fsp3) is 0.423. The van der Waals surface area contributed by atoms with Crippen LogP contribution in [0.15, 0.2) is 48.5 Å². The number of benzene rings is 2. The van der Waals surface area contributed by atoms with E-state index in [9.17, 15) is 14.4 Å². The van der Waals surface area contributed by atoms with Gasteiger partial charge in [0.1, 0.15) is 17.5 Å². The summed E-state index contributed by atoms with van der Waals surface area (Å²) in [4.78, 5) is 40.7. The lowest BCUT2D eigenvalue weighted by Crippen LogP contribution is -2.54. The molecule has 2 aromatic rings. The minimum atomic E-state index is -0.686. The molecule has 0 aromatic heterocycles. The molecule has 1 heterocycles. The van der Waals surface area contributed by atoms with Crippen LogP contribution in [-0.4, -0.2) is 62.5 Å². The Hall–Kier alpha value is -3.55. The van der Waals surface area contributed by atoms with E-state index in [-0.39, 0.29) is 23.6 Å². The molecule has 1 unspecified atom stereocenters. The Morgan fingerprint density at radius 1 is 1.03 bits per heavy atom. The highest BCUT2D eigenvalue weighted by molar-refractivity contribution is 5.98. The van der Waals surface area contributed by atoms with Crippen LogP contribution in [0.4, 0.5) is 0 Å². The maximum Gasteiger partial charge on any atom is 0.257 e. The van der Waals surface area contributed by atoms with Gasteiger partial charge in [0, 0.05) is 25.2 Å². The zero-order valence-corrected chi connectivity index (χ0v) is 20.0. The summed E-state index contributed by atoms with van der Waals surface area (Å²) < 4.78 is 10.5. The predicted octanol–water partition coefficient (Wildman–Crippen LogP) is 2.88. The van der Waals surface area contributed by atoms with Crippen molar-refractivity contribution >= 4 is 17.7 Å². The summed E-state index contributed by atoms with van der Waals surface area (Å²) >= 11 is 0. The molecule has 8 nitrogen and oxygen atoms in total. The SMILES string of the molecule is CCCNC(=O)C(NC(=O)c1cccc(OC)c1)C1CCN(C(=O)c2ccccc2OC)CC1. The molecule has 0 saturated carbocycles. The second-order valence-electron chi connectivity index (χ2n) is 8.30. The van der Waals surface area contributed by atoms with Gasteiger partial charge in [-0.2, -0.15) is 0 Å². The van der Waals surface area contributed by atoms with Crippen molar-refractivity contribution in [2.24, 2.45) is 5.92 Å². The van der Waals surface area contributed by atoms with Gasteiger partial charge in [0.2, 0.25) is 5.91 Å². The number of likely N-dealkylation sites (tertiary alicyclic amines) is 1. The number of piperidine rings is 1. The quantitative estimate of drug-likeness (QED) is 0.591. The van der Waals surface area contributed by atoms with E-state index in [4.69, 9.17) is 9.47 Å². The summed E-state index contributed by atoms with van der Waals surface area (Å²) in [5.41, 5.74) is 0.948. The van der Waals surface area contributed by atoms with Crippen molar-refractivity contribution < 1.29 is 23.9 Å². The van der Waals surface area contributed by atoms with Gasteiger partial charge in [0.15, 0.2) is 0 Å². The monoisotopic (exact) mass is 467 g/mol. The van der Waals surface area contributed by atoms with E-state index in [1.807, 2.05) is 19.1 Å². The van der Waals surface area contributed by atoms with Crippen molar-refractivity contribution in [3.63, 3.8) is 0 Å². The molecule has 182 valence electrons. The van der Waals surface area contributed by atoms with Crippen LogP contribution in [-0.2, 0) is 4.79 Å². The van der Waals surface area contributed by atoms with E-state index in [1.165, 1.54) is 7.11 Å². The van der Waals surface area contributed by atoms with Gasteiger partial charge in [-0.3, -0.25) is 14.4 Å². The summed E-state index contributed by atoms with van der Waals surface area (Å²) in [5, 5.41) is 5.84. The molecule has 0 bridgehead atoms. The number of amides is 3. The number of nitrogens with zero attached hydrogens (tertiary/aromatic N) is 1. The van der Waals surface area contributed by atoms with Crippen LogP contribution < -0.4 is 20.1 Å². The highest BCUT2D eigenvalue weighted by Gasteiger charge is 2.34. The molecule has 1 saturated heterocycles. The number of ether oxygens (including phenoxy) is 2. The highest BCUT2D eigenvalue weighted by Crippen LogP contribution is 2.26. The molecule has 3 amide bonds. The minimum Gasteiger partial charge on any atom is -0.497 e. The molecule has 1 aliphatic rings. The van der Waals surface area contributed by atoms with Crippen molar-refractivity contribution in [3.05, 3.63) is 59.7 Å². The van der Waals surface area contributed by atoms with Gasteiger partial charge in [-0.25, -0.2) is 0 Å². The number of methoxy groups -OCH3 is 2. The molecule has 1 fully saturated rings. The second-order valence-corrected chi connectivity index (χ2v) is 8.30. The lowest BCUT2D eigenvalue weighted by atomic mass is 9.88. The average molecular weight is 468 g/mol. The Kier molecular flexibility index (Phi) is 8.90. The molecular weight excluding hydrogens is 434 g/mol. The number of rotatable bonds is 9. The molecule has 1 aliphatic heterocycles. The molecule has 0 radical (unpaired) electrons. The molecule has 2 N–H and O–H groups in total. The van der Waals surface area contributed by atoms with E-state index in [0.717, 1.165) is 6.42 Å². The number of carbonyl (C=O) groups excluding carboxylic acids is 3. The lowest BCUT2D eigenvalue weighted by molar-refractivity contribution is -0.124. The molecule has 8 heteroatoms. The van der Waals surface area contributed by atoms with E-state index in [0.29, 0.717) is 55.1 Å². The van der Waals surface area contributed by atoms with Crippen LogP contribution in [0.3, 0.4) is 0 Å². The Morgan fingerprint density at radius 2 is 1.76 bits per heavy atom. The number of hydrogen-bond donors (Lipinski definition) is 2. The van der Waals surface area contributed by atoms with Crippen molar-refractivity contribution in [3.8, 4) is 11.5 Å². The normalized spacial score (nSPS) is 14.7. The maximum absolute atomic E-state index is 13.0. The average Bonchev–Trinajstić information content (AvgIpc) is 2.89. The van der Waals surface area contributed by atoms with Crippen molar-refractivity contribution in [1.29, 1.82) is 0 Å². The summed E-state index contributed by atoms with van der Waals surface area (Å²) in [5.74, 6) is 0.395. The zero-order valence-electron chi connectivity index (χ0n) is 20.0. The van der Waals surface area contributed by atoms with Crippen LogP contribution in [0.2, 0.25) is 0 Å². The first-order chi connectivity index (χ1) is 16.5. The standard InChI is InChI=1S/C26H33N3O5/c1-4-14-27-25(31)23(28-24(30)19-8-7-9-20(17-19)33-2)18-12-15-29(16-13-18)26(32)21-10-5-6-11-22(21)34-3/h5-11,17-18,23H,4,12-16H2,1-3H3,(H,27,31)(H,28,30). The third kappa shape index (κ3) is 6.07. The van der Waals surface area contributed by atoms with Crippen LogP contribution in [0.5, 0.6) is 11.5 Å². The summed E-state index contributed by atoms with van der Waals surface area (Å²) in [6.45, 7) is 3.50. The van der Waals surface area contributed by atoms with Crippen molar-refractivity contribution in [1.82, 2.24) is 15.5 Å². The molecule has 1 atom stereocenters. The van der Waals surface area contributed by atoms with Gasteiger partial charge in [-0.15, -0.1) is 0 Å². The smallest absolute Gasteiger partial charge is 0.257 e. The topological polar surface area (TPSA) is 97.0 Å². The minimum absolute atomic E-state index is 0.0897. The van der Waals surface area contributed by atoms with E-state index >= 15 is 0 Å². The molecule has 3 rings (SSSR count). The fourth-order valence-electron chi connectivity index (χ4n) is 4.17. The molecule has 2 aromatic carbocycles. The second kappa shape index (κ2) is 12.1. The van der Waals surface area contributed by atoms with Crippen molar-refractivity contribution in [2.45, 2.75) is 32.2 Å². The molecule has 0 aliphatic carbocycles. The number of para-hydroxylation sites is 1. The molecular formula is C26H33N3O5. The lowest BCUT2D eigenvalue weighted by Gasteiger charge is -2.36. The molecule has 0 spiro atoms. The van der Waals surface area contributed by atoms with Crippen LogP contribution >= 0.6 is 0 Å². The third-order valence-corrected chi connectivity index (χ3v) is 6.09. The van der Waals surface area contributed by atoms with Gasteiger partial charge in [-0.05, 0) is 55.5 Å². The van der Waals surface area contributed by atoms with Crippen LogP contribution in [0, 0.1) is 5.92 Å². The fourth-order valence-corrected chi connectivity index (χ4v) is 4.17. The largest absolute Gasteiger partial charge is 0.497 e. The van der Waals surface area contributed by atoms with Crippen molar-refractivity contribution in [2.75, 3.05) is 33.9 Å². The van der Waals surface area contributed by atoms with Gasteiger partial charge < -0.3 is 25.0 Å². The highest BCUT2D eigenvalue weighted by atomic mass is 16.5. The zero-order chi connectivity index (χ0) is 24.5. The summed E-state index contributed by atoms with van der Waals surface area (Å²) in [7, 11) is 3.08. The van der Waals surface area contributed by atoms with E-state index in [2.05, 4.69) is 10.6 Å². The summed E-state index contributed by atoms with van der Waals surface area (Å²) in [6.07, 6.45) is 2.00. The van der Waals surface area contributed by atoms with Crippen LogP contribution in [0.25, 0.3) is 0 Å². The number of nitrogens with one attached hydrogen (secondary N) is 2. The Balaban J connectivity index is 1.70. The third-order valence-electron chi connectivity index (χ3n) is 6.09. The van der Waals surface area contributed by atoms with E-state index < -0.39 is 6.04 Å². The first kappa shape index (κ1) is 25.1. The van der Waals surface area contributed by atoms with Gasteiger partial charge in [0.25, 0.3) is 11.8 Å². The van der Waals surface area contributed by atoms with Gasteiger partial charge >= 0.3 is 0 Å². The first-order valence-electron chi connectivity index (χ1n) is 11.6. The Labute approximate surface area is 200 Å². The van der Waals surface area contributed by atoms with Gasteiger partial charge in [0.05, 0.1) is 19.8 Å². The number of hydrogen-bond acceptors (Lipinski definition) is 5. The van der Waals surface area contributed by atoms with Crippen LogP contribution in [0.1, 0.15) is 46.9 Å². The maximum atomic E-state index is 13.0. The number of carbonyl (C=O) groups is 3. The van der Waals surface area contributed by atoms with E-state index in [1.54, 1.807) is 48.4 Å².